The Morgan fingerprint density at radius 2 is 2.27 bits per heavy atom. The van der Waals surface area contributed by atoms with Gasteiger partial charge in [0.1, 0.15) is 5.82 Å². The molecule has 0 aliphatic carbocycles. The van der Waals surface area contributed by atoms with Crippen molar-refractivity contribution in [3.05, 3.63) is 33.9 Å². The third kappa shape index (κ3) is 1.62. The van der Waals surface area contributed by atoms with Gasteiger partial charge in [-0.2, -0.15) is 5.10 Å². The first-order chi connectivity index (χ1) is 7.33. The van der Waals surface area contributed by atoms with Gasteiger partial charge in [-0.25, -0.2) is 4.68 Å². The van der Waals surface area contributed by atoms with Crippen molar-refractivity contribution in [2.75, 3.05) is 11.9 Å². The lowest BCUT2D eigenvalue weighted by Crippen LogP contribution is -1.96. The molecule has 0 radical (unpaired) electrons. The van der Waals surface area contributed by atoms with Crippen LogP contribution in [0.3, 0.4) is 0 Å². The lowest BCUT2D eigenvalue weighted by molar-refractivity contribution is 0.699. The maximum absolute atomic E-state index is 4.55. The van der Waals surface area contributed by atoms with Gasteiger partial charge in [-0.15, -0.1) is 0 Å². The highest BCUT2D eigenvalue weighted by molar-refractivity contribution is 14.1. The minimum absolute atomic E-state index is 0.971. The number of rotatable bonds is 1. The van der Waals surface area contributed by atoms with E-state index in [9.17, 15) is 0 Å². The first-order valence-corrected chi connectivity index (χ1v) is 5.98. The Hall–Kier alpha value is -1.04. The van der Waals surface area contributed by atoms with Gasteiger partial charge in [-0.3, -0.25) is 0 Å². The van der Waals surface area contributed by atoms with Crippen LogP contribution in [-0.4, -0.2) is 16.3 Å². The van der Waals surface area contributed by atoms with Crippen LogP contribution in [0.15, 0.2) is 30.3 Å². The van der Waals surface area contributed by atoms with Crippen LogP contribution in [0.25, 0.3) is 11.3 Å². The van der Waals surface area contributed by atoms with Crippen molar-refractivity contribution in [2.24, 2.45) is 0 Å². The summed E-state index contributed by atoms with van der Waals surface area (Å²) in [4.78, 5) is 0. The fourth-order valence-corrected chi connectivity index (χ4v) is 2.35. The molecule has 0 fully saturated rings. The highest BCUT2D eigenvalue weighted by Crippen LogP contribution is 2.25. The average Bonchev–Trinajstić information content (AvgIpc) is 2.76. The number of anilines is 1. The van der Waals surface area contributed by atoms with Crippen LogP contribution in [-0.2, 0) is 6.54 Å². The number of nitrogens with zero attached hydrogens (tertiary/aromatic N) is 2. The Kier molecular flexibility index (Phi) is 2.16. The molecule has 1 aromatic carbocycles. The van der Waals surface area contributed by atoms with E-state index in [0.717, 1.165) is 24.6 Å². The Labute approximate surface area is 102 Å². The zero-order valence-electron chi connectivity index (χ0n) is 8.07. The van der Waals surface area contributed by atoms with Crippen molar-refractivity contribution in [3.63, 3.8) is 0 Å². The minimum Gasteiger partial charge on any atom is -0.368 e. The molecule has 15 heavy (non-hydrogen) atoms. The summed E-state index contributed by atoms with van der Waals surface area (Å²) in [6.07, 6.45) is 0. The second-order valence-electron chi connectivity index (χ2n) is 3.58. The maximum Gasteiger partial charge on any atom is 0.125 e. The summed E-state index contributed by atoms with van der Waals surface area (Å²) < 4.78 is 3.26. The molecule has 3 rings (SSSR count). The fraction of sp³-hybridized carbons (Fsp3) is 0.182. The van der Waals surface area contributed by atoms with E-state index >= 15 is 0 Å². The van der Waals surface area contributed by atoms with Crippen LogP contribution >= 0.6 is 22.6 Å². The van der Waals surface area contributed by atoms with Gasteiger partial charge in [0, 0.05) is 21.7 Å². The molecule has 0 spiro atoms. The zero-order valence-corrected chi connectivity index (χ0v) is 10.2. The van der Waals surface area contributed by atoms with Gasteiger partial charge in [-0.05, 0) is 34.7 Å². The Bertz CT molecular complexity index is 483. The number of fused-ring (bicyclic) bond motifs is 1. The topological polar surface area (TPSA) is 29.9 Å². The molecule has 0 saturated carbocycles. The summed E-state index contributed by atoms with van der Waals surface area (Å²) in [5, 5.41) is 7.86. The van der Waals surface area contributed by atoms with E-state index in [1.165, 1.54) is 9.13 Å². The molecule has 1 aliphatic rings. The zero-order chi connectivity index (χ0) is 10.3. The molecule has 76 valence electrons. The Morgan fingerprint density at radius 1 is 1.33 bits per heavy atom. The number of aromatic nitrogens is 2. The van der Waals surface area contributed by atoms with Crippen molar-refractivity contribution in [1.82, 2.24) is 9.78 Å². The van der Waals surface area contributed by atoms with Crippen molar-refractivity contribution in [3.8, 4) is 11.3 Å². The highest BCUT2D eigenvalue weighted by Gasteiger charge is 2.13. The molecule has 2 heterocycles. The van der Waals surface area contributed by atoms with Gasteiger partial charge in [0.2, 0.25) is 0 Å². The van der Waals surface area contributed by atoms with Gasteiger partial charge >= 0.3 is 0 Å². The minimum atomic E-state index is 0.971. The van der Waals surface area contributed by atoms with E-state index in [1.807, 2.05) is 4.68 Å². The van der Waals surface area contributed by atoms with Crippen LogP contribution in [0, 0.1) is 3.57 Å². The standard InChI is InChI=1S/C11H10IN3/c12-9-3-1-2-8(6-9)10-7-11-13-4-5-15(11)14-10/h1-3,6-7,13H,4-5H2. The van der Waals surface area contributed by atoms with E-state index in [1.54, 1.807) is 0 Å². The summed E-state index contributed by atoms with van der Waals surface area (Å²) in [6, 6.07) is 10.5. The largest absolute Gasteiger partial charge is 0.368 e. The highest BCUT2D eigenvalue weighted by atomic mass is 127. The third-order valence-corrected chi connectivity index (χ3v) is 3.20. The lowest BCUT2D eigenvalue weighted by Gasteiger charge is -1.97. The number of benzene rings is 1. The normalized spacial score (nSPS) is 13.7. The first-order valence-electron chi connectivity index (χ1n) is 4.90. The van der Waals surface area contributed by atoms with Gasteiger partial charge in [0.05, 0.1) is 12.2 Å². The van der Waals surface area contributed by atoms with Gasteiger partial charge in [0.15, 0.2) is 0 Å². The molecule has 1 aromatic heterocycles. The van der Waals surface area contributed by atoms with Gasteiger partial charge in [0.25, 0.3) is 0 Å². The van der Waals surface area contributed by atoms with E-state index < -0.39 is 0 Å². The molecule has 0 unspecified atom stereocenters. The second-order valence-corrected chi connectivity index (χ2v) is 4.82. The summed E-state index contributed by atoms with van der Waals surface area (Å²) in [5.41, 5.74) is 2.24. The van der Waals surface area contributed by atoms with Gasteiger partial charge < -0.3 is 5.32 Å². The van der Waals surface area contributed by atoms with E-state index in [0.29, 0.717) is 0 Å². The predicted molar refractivity (Wildman–Crippen MR) is 68.9 cm³/mol. The van der Waals surface area contributed by atoms with Crippen molar-refractivity contribution in [2.45, 2.75) is 6.54 Å². The molecule has 0 bridgehead atoms. The van der Waals surface area contributed by atoms with Crippen LogP contribution in [0.4, 0.5) is 5.82 Å². The van der Waals surface area contributed by atoms with Crippen LogP contribution in [0.2, 0.25) is 0 Å². The molecular weight excluding hydrogens is 301 g/mol. The molecular formula is C11H10IN3. The van der Waals surface area contributed by atoms with E-state index in [2.05, 4.69) is 63.3 Å². The Balaban J connectivity index is 2.06. The van der Waals surface area contributed by atoms with Crippen molar-refractivity contribution >= 4 is 28.4 Å². The van der Waals surface area contributed by atoms with E-state index in [-0.39, 0.29) is 0 Å². The quantitative estimate of drug-likeness (QED) is 0.821. The molecule has 0 amide bonds. The maximum atomic E-state index is 4.55. The predicted octanol–water partition coefficient (Wildman–Crippen LogP) is 2.58. The van der Waals surface area contributed by atoms with E-state index in [4.69, 9.17) is 0 Å². The average molecular weight is 311 g/mol. The molecule has 4 heteroatoms. The second kappa shape index (κ2) is 3.52. The molecule has 1 N–H and O–H groups in total. The number of halogens is 1. The number of hydrogen-bond donors (Lipinski definition) is 1. The third-order valence-electron chi connectivity index (χ3n) is 2.53. The smallest absolute Gasteiger partial charge is 0.125 e. The monoisotopic (exact) mass is 311 g/mol. The first kappa shape index (κ1) is 9.21. The number of nitrogens with one attached hydrogen (secondary N) is 1. The van der Waals surface area contributed by atoms with Crippen molar-refractivity contribution in [1.29, 1.82) is 0 Å². The van der Waals surface area contributed by atoms with Gasteiger partial charge in [-0.1, -0.05) is 12.1 Å². The summed E-state index contributed by atoms with van der Waals surface area (Å²) in [6.45, 7) is 1.97. The van der Waals surface area contributed by atoms with Crippen LogP contribution in [0.5, 0.6) is 0 Å². The SMILES string of the molecule is Ic1cccc(-c2cc3n(n2)CCN3)c1. The summed E-state index contributed by atoms with van der Waals surface area (Å²) in [7, 11) is 0. The molecule has 2 aromatic rings. The van der Waals surface area contributed by atoms with Crippen LogP contribution in [0.1, 0.15) is 0 Å². The van der Waals surface area contributed by atoms with Crippen LogP contribution < -0.4 is 5.32 Å². The molecule has 1 aliphatic heterocycles. The number of hydrogen-bond acceptors (Lipinski definition) is 2. The molecule has 0 saturated heterocycles. The Morgan fingerprint density at radius 3 is 3.07 bits per heavy atom. The lowest BCUT2D eigenvalue weighted by atomic mass is 10.2. The molecule has 0 atom stereocenters. The van der Waals surface area contributed by atoms with Crippen molar-refractivity contribution < 1.29 is 0 Å². The molecule has 3 nitrogen and oxygen atoms in total. The fourth-order valence-electron chi connectivity index (χ4n) is 1.81. The summed E-state index contributed by atoms with van der Waals surface area (Å²) >= 11 is 2.32. The summed E-state index contributed by atoms with van der Waals surface area (Å²) in [5.74, 6) is 1.13.